The van der Waals surface area contributed by atoms with E-state index >= 15 is 0 Å². The second kappa shape index (κ2) is 8.77. The Morgan fingerprint density at radius 3 is 2.60 bits per heavy atom. The van der Waals surface area contributed by atoms with Gasteiger partial charge in [0.05, 0.1) is 25.5 Å². The summed E-state index contributed by atoms with van der Waals surface area (Å²) in [6, 6.07) is 6.85. The van der Waals surface area contributed by atoms with Gasteiger partial charge in [-0.25, -0.2) is 13.9 Å². The highest BCUT2D eigenvalue weighted by molar-refractivity contribution is 5.86. The molecule has 1 aromatic carbocycles. The lowest BCUT2D eigenvalue weighted by Gasteiger charge is -2.36. The topological polar surface area (TPSA) is 63.5 Å². The molecule has 0 aliphatic carbocycles. The van der Waals surface area contributed by atoms with Crippen molar-refractivity contribution in [3.63, 3.8) is 0 Å². The number of para-hydroxylation sites is 1. The van der Waals surface area contributed by atoms with Crippen LogP contribution in [0.5, 0.6) is 0 Å². The average Bonchev–Trinajstić information content (AvgIpc) is 3.09. The van der Waals surface area contributed by atoms with E-state index in [4.69, 9.17) is 4.74 Å². The van der Waals surface area contributed by atoms with Gasteiger partial charge in [0, 0.05) is 32.7 Å². The Balaban J connectivity index is 0.00000225. The molecule has 1 aromatic heterocycles. The minimum Gasteiger partial charge on any atom is -0.464 e. The van der Waals surface area contributed by atoms with Crippen LogP contribution in [0.1, 0.15) is 10.5 Å². The van der Waals surface area contributed by atoms with Crippen LogP contribution in [0.3, 0.4) is 0 Å². The second-order valence-corrected chi connectivity index (χ2v) is 5.61. The third-order valence-electron chi connectivity index (χ3n) is 4.21. The highest BCUT2D eigenvalue weighted by Gasteiger charge is 2.20. The first kappa shape index (κ1) is 19.1. The molecule has 0 saturated carbocycles. The largest absolute Gasteiger partial charge is 0.464 e. The summed E-state index contributed by atoms with van der Waals surface area (Å²) in [5, 5.41) is 7.68. The maximum absolute atomic E-state index is 13.8. The maximum Gasteiger partial charge on any atom is 0.358 e. The van der Waals surface area contributed by atoms with Gasteiger partial charge in [-0.05, 0) is 12.1 Å². The van der Waals surface area contributed by atoms with E-state index in [1.54, 1.807) is 10.7 Å². The van der Waals surface area contributed by atoms with Crippen LogP contribution in [-0.4, -0.2) is 65.7 Å². The maximum atomic E-state index is 13.8. The molecule has 0 unspecified atom stereocenters. The molecule has 0 atom stereocenters. The van der Waals surface area contributed by atoms with E-state index in [1.165, 1.54) is 19.4 Å². The van der Waals surface area contributed by atoms with Crippen LogP contribution in [0.25, 0.3) is 0 Å². The Kier molecular flexibility index (Phi) is 6.72. The van der Waals surface area contributed by atoms with E-state index in [-0.39, 0.29) is 18.2 Å². The van der Waals surface area contributed by atoms with Crippen LogP contribution in [0.4, 0.5) is 10.1 Å². The summed E-state index contributed by atoms with van der Waals surface area (Å²) < 4.78 is 20.1. The van der Waals surface area contributed by atoms with E-state index in [9.17, 15) is 9.18 Å². The van der Waals surface area contributed by atoms with Gasteiger partial charge in [-0.2, -0.15) is 0 Å². The van der Waals surface area contributed by atoms with E-state index in [1.807, 2.05) is 12.1 Å². The summed E-state index contributed by atoms with van der Waals surface area (Å²) >= 11 is 0. The monoisotopic (exact) mass is 369 g/mol. The van der Waals surface area contributed by atoms with Gasteiger partial charge >= 0.3 is 5.97 Å². The Hall–Kier alpha value is -2.19. The van der Waals surface area contributed by atoms with Gasteiger partial charge in [-0.3, -0.25) is 4.90 Å². The van der Waals surface area contributed by atoms with Gasteiger partial charge in [0.2, 0.25) is 0 Å². The van der Waals surface area contributed by atoms with Crippen LogP contribution in [0, 0.1) is 5.82 Å². The first-order valence-electron chi connectivity index (χ1n) is 7.87. The first-order chi connectivity index (χ1) is 11.7. The molecule has 1 aliphatic heterocycles. The predicted octanol–water partition coefficient (Wildman–Crippen LogP) is 1.45. The fraction of sp³-hybridized carbons (Fsp3) is 0.438. The lowest BCUT2D eigenvalue weighted by atomic mass is 10.2. The standard InChI is InChI=1S/C16H20FN5O2.ClH/c1-24-16(23)15-12-18-19-22(15)11-8-20-6-9-21(10-7-20)14-5-3-2-4-13(14)17;/h2-5,12H,6-11H2,1H3;1H. The van der Waals surface area contributed by atoms with Gasteiger partial charge in [-0.1, -0.05) is 17.3 Å². The van der Waals surface area contributed by atoms with Crippen molar-refractivity contribution in [1.82, 2.24) is 19.9 Å². The van der Waals surface area contributed by atoms with E-state index in [2.05, 4.69) is 20.1 Å². The van der Waals surface area contributed by atoms with Crippen LogP contribution >= 0.6 is 12.4 Å². The number of esters is 1. The summed E-state index contributed by atoms with van der Waals surface area (Å²) in [7, 11) is 1.33. The minimum atomic E-state index is -0.440. The molecule has 2 heterocycles. The number of rotatable bonds is 5. The summed E-state index contributed by atoms with van der Waals surface area (Å²) in [6.07, 6.45) is 1.40. The van der Waals surface area contributed by atoms with E-state index in [0.717, 1.165) is 32.7 Å². The zero-order valence-corrected chi connectivity index (χ0v) is 14.8. The fourth-order valence-electron chi connectivity index (χ4n) is 2.84. The Morgan fingerprint density at radius 1 is 1.20 bits per heavy atom. The first-order valence-corrected chi connectivity index (χ1v) is 7.87. The van der Waals surface area contributed by atoms with Gasteiger partial charge in [-0.15, -0.1) is 17.5 Å². The Bertz CT molecular complexity index is 703. The SMILES string of the molecule is COC(=O)c1cnnn1CCN1CCN(c2ccccc2F)CC1.Cl. The van der Waals surface area contributed by atoms with Crippen LogP contribution < -0.4 is 4.90 Å². The number of carbonyl (C=O) groups excluding carboxylic acids is 1. The number of anilines is 1. The minimum absolute atomic E-state index is 0. The van der Waals surface area contributed by atoms with Crippen molar-refractivity contribution in [2.75, 3.05) is 44.7 Å². The molecule has 2 aromatic rings. The Labute approximate surface area is 151 Å². The normalized spacial score (nSPS) is 14.9. The molecular formula is C16H21ClFN5O2. The number of hydrogen-bond donors (Lipinski definition) is 0. The fourth-order valence-corrected chi connectivity index (χ4v) is 2.84. The molecule has 1 fully saturated rings. The third-order valence-corrected chi connectivity index (χ3v) is 4.21. The summed E-state index contributed by atoms with van der Waals surface area (Å²) in [6.45, 7) is 4.50. The number of aromatic nitrogens is 3. The number of ether oxygens (including phenoxy) is 1. The number of carbonyl (C=O) groups is 1. The summed E-state index contributed by atoms with van der Waals surface area (Å²) in [5.74, 6) is -0.624. The van der Waals surface area contributed by atoms with Crippen LogP contribution in [0.2, 0.25) is 0 Å². The number of halogens is 2. The molecule has 0 spiro atoms. The number of piperazine rings is 1. The molecular weight excluding hydrogens is 349 g/mol. The number of hydrogen-bond acceptors (Lipinski definition) is 6. The Morgan fingerprint density at radius 2 is 1.92 bits per heavy atom. The van der Waals surface area contributed by atoms with Crippen LogP contribution in [-0.2, 0) is 11.3 Å². The molecule has 3 rings (SSSR count). The number of benzene rings is 1. The summed E-state index contributed by atoms with van der Waals surface area (Å²) in [5.41, 5.74) is 1.00. The molecule has 9 heteroatoms. The zero-order valence-electron chi connectivity index (χ0n) is 14.0. The zero-order chi connectivity index (χ0) is 16.9. The van der Waals surface area contributed by atoms with Crippen molar-refractivity contribution >= 4 is 24.1 Å². The molecule has 136 valence electrons. The highest BCUT2D eigenvalue weighted by atomic mass is 35.5. The van der Waals surface area contributed by atoms with Crippen molar-refractivity contribution < 1.29 is 13.9 Å². The quantitative estimate of drug-likeness (QED) is 0.743. The van der Waals surface area contributed by atoms with Gasteiger partial charge in [0.25, 0.3) is 0 Å². The molecule has 1 saturated heterocycles. The number of methoxy groups -OCH3 is 1. The smallest absolute Gasteiger partial charge is 0.358 e. The lowest BCUT2D eigenvalue weighted by Crippen LogP contribution is -2.47. The van der Waals surface area contributed by atoms with Gasteiger partial charge in [0.15, 0.2) is 5.69 Å². The summed E-state index contributed by atoms with van der Waals surface area (Å²) in [4.78, 5) is 15.9. The molecule has 0 N–H and O–H groups in total. The third kappa shape index (κ3) is 4.46. The van der Waals surface area contributed by atoms with Crippen molar-refractivity contribution in [1.29, 1.82) is 0 Å². The molecule has 0 amide bonds. The molecule has 1 aliphatic rings. The van der Waals surface area contributed by atoms with Crippen LogP contribution in [0.15, 0.2) is 30.5 Å². The lowest BCUT2D eigenvalue weighted by molar-refractivity contribution is 0.0585. The average molecular weight is 370 g/mol. The van der Waals surface area contributed by atoms with E-state index in [0.29, 0.717) is 17.9 Å². The predicted molar refractivity (Wildman–Crippen MR) is 93.7 cm³/mol. The van der Waals surface area contributed by atoms with Gasteiger partial charge in [0.1, 0.15) is 5.82 Å². The highest BCUT2D eigenvalue weighted by Crippen LogP contribution is 2.20. The van der Waals surface area contributed by atoms with Crippen molar-refractivity contribution in [3.05, 3.63) is 42.0 Å². The molecule has 25 heavy (non-hydrogen) atoms. The van der Waals surface area contributed by atoms with Crippen molar-refractivity contribution in [3.8, 4) is 0 Å². The molecule has 7 nitrogen and oxygen atoms in total. The number of nitrogens with zero attached hydrogens (tertiary/aromatic N) is 5. The van der Waals surface area contributed by atoms with E-state index < -0.39 is 5.97 Å². The molecule has 0 bridgehead atoms. The van der Waals surface area contributed by atoms with Gasteiger partial charge < -0.3 is 9.64 Å². The van der Waals surface area contributed by atoms with Crippen molar-refractivity contribution in [2.24, 2.45) is 0 Å². The molecule has 0 radical (unpaired) electrons. The second-order valence-electron chi connectivity index (χ2n) is 5.61. The van der Waals surface area contributed by atoms with Crippen molar-refractivity contribution in [2.45, 2.75) is 6.54 Å².